The molecule has 0 aliphatic carbocycles. The number of aromatic nitrogens is 1. The van der Waals surface area contributed by atoms with Crippen molar-refractivity contribution < 1.29 is 9.21 Å². The fourth-order valence-electron chi connectivity index (χ4n) is 2.86. The lowest BCUT2D eigenvalue weighted by molar-refractivity contribution is 0.0706. The highest BCUT2D eigenvalue weighted by molar-refractivity contribution is 9.10. The van der Waals surface area contributed by atoms with Gasteiger partial charge in [0.15, 0.2) is 12.1 Å². The van der Waals surface area contributed by atoms with E-state index < -0.39 is 0 Å². The predicted octanol–water partition coefficient (Wildman–Crippen LogP) is 3.77. The van der Waals surface area contributed by atoms with Gasteiger partial charge >= 0.3 is 0 Å². The van der Waals surface area contributed by atoms with Crippen molar-refractivity contribution in [2.45, 2.75) is 25.7 Å². The number of carbonyl (C=O) groups excluding carboxylic acids is 1. The average Bonchev–Trinajstić information content (AvgIpc) is 2.93. The lowest BCUT2D eigenvalue weighted by atomic mass is 9.89. The van der Waals surface area contributed by atoms with Crippen molar-refractivity contribution in [3.8, 4) is 0 Å². The highest BCUT2D eigenvalue weighted by Gasteiger charge is 2.27. The summed E-state index contributed by atoms with van der Waals surface area (Å²) in [6.07, 6.45) is 3.28. The number of benzene rings is 1. The Morgan fingerprint density at radius 1 is 1.33 bits per heavy atom. The van der Waals surface area contributed by atoms with Gasteiger partial charge in [-0.15, -0.1) is 0 Å². The average molecular weight is 349 g/mol. The number of aryl methyl sites for hydroxylation is 1. The van der Waals surface area contributed by atoms with Gasteiger partial charge in [0.1, 0.15) is 5.76 Å². The summed E-state index contributed by atoms with van der Waals surface area (Å²) in [5.41, 5.74) is 1.77. The van der Waals surface area contributed by atoms with Crippen molar-refractivity contribution >= 4 is 21.8 Å². The lowest BCUT2D eigenvalue weighted by Gasteiger charge is -2.32. The zero-order valence-corrected chi connectivity index (χ0v) is 13.5. The Morgan fingerprint density at radius 2 is 2.05 bits per heavy atom. The number of amides is 1. The summed E-state index contributed by atoms with van der Waals surface area (Å²) in [5, 5.41) is 0. The molecule has 0 spiro atoms. The van der Waals surface area contributed by atoms with Gasteiger partial charge in [-0.2, -0.15) is 0 Å². The highest BCUT2D eigenvalue weighted by atomic mass is 79.9. The lowest BCUT2D eigenvalue weighted by Crippen LogP contribution is -2.38. The second kappa shape index (κ2) is 6.02. The van der Waals surface area contributed by atoms with Gasteiger partial charge in [-0.25, -0.2) is 4.98 Å². The molecule has 0 atom stereocenters. The van der Waals surface area contributed by atoms with Crippen LogP contribution in [-0.4, -0.2) is 28.9 Å². The summed E-state index contributed by atoms with van der Waals surface area (Å²) in [6, 6.07) is 8.33. The maximum atomic E-state index is 12.4. The first-order valence-electron chi connectivity index (χ1n) is 7.10. The van der Waals surface area contributed by atoms with Gasteiger partial charge in [0, 0.05) is 17.6 Å². The van der Waals surface area contributed by atoms with Crippen LogP contribution < -0.4 is 0 Å². The molecule has 1 amide bonds. The Morgan fingerprint density at radius 3 is 2.67 bits per heavy atom. The molecule has 1 fully saturated rings. The van der Waals surface area contributed by atoms with Gasteiger partial charge in [0.25, 0.3) is 5.91 Å². The summed E-state index contributed by atoms with van der Waals surface area (Å²) in [6.45, 7) is 3.29. The quantitative estimate of drug-likeness (QED) is 0.829. The first-order chi connectivity index (χ1) is 10.2. The molecule has 110 valence electrons. The summed E-state index contributed by atoms with van der Waals surface area (Å²) in [7, 11) is 0. The number of piperidine rings is 1. The standard InChI is InChI=1S/C16H17BrN2O2/c1-11-15(18-10-21-11)16(20)19-8-6-12(7-9-19)13-4-2-3-5-14(13)17/h2-5,10,12H,6-9H2,1H3. The van der Waals surface area contributed by atoms with Gasteiger partial charge in [0.05, 0.1) is 0 Å². The van der Waals surface area contributed by atoms with E-state index in [0.717, 1.165) is 30.4 Å². The first-order valence-corrected chi connectivity index (χ1v) is 7.90. The number of carbonyl (C=O) groups is 1. The third-order valence-corrected chi connectivity index (χ3v) is 4.80. The van der Waals surface area contributed by atoms with E-state index in [1.165, 1.54) is 12.0 Å². The fourth-order valence-corrected chi connectivity index (χ4v) is 3.47. The van der Waals surface area contributed by atoms with Crippen LogP contribution in [0.1, 0.15) is 40.6 Å². The molecule has 1 saturated heterocycles. The SMILES string of the molecule is Cc1ocnc1C(=O)N1CCC(c2ccccc2Br)CC1. The van der Waals surface area contributed by atoms with Crippen LogP contribution in [0, 0.1) is 6.92 Å². The van der Waals surface area contributed by atoms with Crippen LogP contribution in [0.4, 0.5) is 0 Å². The van der Waals surface area contributed by atoms with E-state index >= 15 is 0 Å². The minimum Gasteiger partial charge on any atom is -0.448 e. The van der Waals surface area contributed by atoms with Gasteiger partial charge in [-0.1, -0.05) is 34.1 Å². The fraction of sp³-hybridized carbons (Fsp3) is 0.375. The molecule has 1 aromatic heterocycles. The Bertz CT molecular complexity index is 645. The molecule has 4 nitrogen and oxygen atoms in total. The molecule has 3 rings (SSSR count). The Kier molecular flexibility index (Phi) is 4.10. The number of rotatable bonds is 2. The monoisotopic (exact) mass is 348 g/mol. The van der Waals surface area contributed by atoms with Crippen LogP contribution in [0.3, 0.4) is 0 Å². The Balaban J connectivity index is 1.67. The third-order valence-electron chi connectivity index (χ3n) is 4.07. The van der Waals surface area contributed by atoms with Crippen LogP contribution in [0.5, 0.6) is 0 Å². The van der Waals surface area contributed by atoms with Gasteiger partial charge in [-0.05, 0) is 37.3 Å². The number of halogens is 1. The number of oxazole rings is 1. The first kappa shape index (κ1) is 14.3. The van der Waals surface area contributed by atoms with Gasteiger partial charge in [-0.3, -0.25) is 4.79 Å². The molecular weight excluding hydrogens is 332 g/mol. The van der Waals surface area contributed by atoms with Crippen molar-refractivity contribution in [3.05, 3.63) is 52.1 Å². The van der Waals surface area contributed by atoms with Gasteiger partial charge in [0.2, 0.25) is 0 Å². The predicted molar refractivity (Wildman–Crippen MR) is 83.3 cm³/mol. The van der Waals surface area contributed by atoms with Crippen LogP contribution in [0.25, 0.3) is 0 Å². The van der Waals surface area contributed by atoms with Crippen LogP contribution >= 0.6 is 15.9 Å². The Labute approximate surface area is 132 Å². The van der Waals surface area contributed by atoms with Crippen molar-refractivity contribution in [3.63, 3.8) is 0 Å². The molecule has 0 radical (unpaired) electrons. The van der Waals surface area contributed by atoms with Crippen LogP contribution in [0.15, 0.2) is 39.5 Å². The summed E-state index contributed by atoms with van der Waals surface area (Å²) < 4.78 is 6.27. The number of likely N-dealkylation sites (tertiary alicyclic amines) is 1. The highest BCUT2D eigenvalue weighted by Crippen LogP contribution is 2.33. The minimum atomic E-state index is -0.0215. The zero-order chi connectivity index (χ0) is 14.8. The molecular formula is C16H17BrN2O2. The summed E-state index contributed by atoms with van der Waals surface area (Å²) in [5.74, 6) is 1.07. The summed E-state index contributed by atoms with van der Waals surface area (Å²) in [4.78, 5) is 18.3. The minimum absolute atomic E-state index is 0.0215. The molecule has 0 N–H and O–H groups in total. The molecule has 0 unspecified atom stereocenters. The van der Waals surface area contributed by atoms with Crippen molar-refractivity contribution in [1.29, 1.82) is 0 Å². The second-order valence-electron chi connectivity index (χ2n) is 5.35. The maximum absolute atomic E-state index is 12.4. The molecule has 0 saturated carbocycles. The van der Waals surface area contributed by atoms with Crippen molar-refractivity contribution in [1.82, 2.24) is 9.88 Å². The Hall–Kier alpha value is -1.62. The van der Waals surface area contributed by atoms with E-state index in [-0.39, 0.29) is 5.91 Å². The van der Waals surface area contributed by atoms with Crippen LogP contribution in [0.2, 0.25) is 0 Å². The largest absolute Gasteiger partial charge is 0.448 e. The molecule has 1 aromatic carbocycles. The van der Waals surface area contributed by atoms with E-state index in [1.807, 2.05) is 11.0 Å². The molecule has 0 bridgehead atoms. The molecule has 1 aliphatic heterocycles. The molecule has 1 aliphatic rings. The summed E-state index contributed by atoms with van der Waals surface area (Å²) >= 11 is 3.61. The number of nitrogens with zero attached hydrogens (tertiary/aromatic N) is 2. The van der Waals surface area contributed by atoms with Crippen LogP contribution in [-0.2, 0) is 0 Å². The molecule has 5 heteroatoms. The second-order valence-corrected chi connectivity index (χ2v) is 6.20. The topological polar surface area (TPSA) is 46.3 Å². The van der Waals surface area contributed by atoms with Crippen molar-refractivity contribution in [2.75, 3.05) is 13.1 Å². The van der Waals surface area contributed by atoms with E-state index in [2.05, 4.69) is 39.1 Å². The van der Waals surface area contributed by atoms with Crippen molar-refractivity contribution in [2.24, 2.45) is 0 Å². The van der Waals surface area contributed by atoms with Gasteiger partial charge < -0.3 is 9.32 Å². The smallest absolute Gasteiger partial charge is 0.276 e. The zero-order valence-electron chi connectivity index (χ0n) is 11.9. The van der Waals surface area contributed by atoms with E-state index in [4.69, 9.17) is 4.42 Å². The molecule has 2 aromatic rings. The van der Waals surface area contributed by atoms with E-state index in [1.54, 1.807) is 6.92 Å². The van der Waals surface area contributed by atoms with E-state index in [9.17, 15) is 4.79 Å². The number of hydrogen-bond acceptors (Lipinski definition) is 3. The van der Waals surface area contributed by atoms with E-state index in [0.29, 0.717) is 17.4 Å². The normalized spacial score (nSPS) is 16.2. The maximum Gasteiger partial charge on any atom is 0.276 e. The molecule has 2 heterocycles. The third kappa shape index (κ3) is 2.88. The number of hydrogen-bond donors (Lipinski definition) is 0. The molecule has 21 heavy (non-hydrogen) atoms.